The zero-order valence-electron chi connectivity index (χ0n) is 7.05. The molecule has 0 aliphatic carbocycles. The molecule has 1 heterocycles. The van der Waals surface area contributed by atoms with Crippen molar-refractivity contribution in [3.63, 3.8) is 0 Å². The quantitative estimate of drug-likeness (QED) is 0.594. The van der Waals surface area contributed by atoms with Gasteiger partial charge in [0, 0.05) is 19.3 Å². The van der Waals surface area contributed by atoms with Crippen molar-refractivity contribution in [3.8, 4) is 0 Å². The van der Waals surface area contributed by atoms with E-state index in [9.17, 15) is 4.79 Å². The number of piperidine rings is 1. The molecular weight excluding hydrogens is 140 g/mol. The highest BCUT2D eigenvalue weighted by Gasteiger charge is 2.19. The number of rotatable bonds is 1. The minimum Gasteiger partial charge on any atom is -0.302 e. The Bertz CT molecular complexity index is 177. The highest BCUT2D eigenvalue weighted by molar-refractivity contribution is 5.90. The lowest BCUT2D eigenvalue weighted by molar-refractivity contribution is -0.119. The van der Waals surface area contributed by atoms with E-state index in [2.05, 4.69) is 10.3 Å². The van der Waals surface area contributed by atoms with Gasteiger partial charge >= 0.3 is 0 Å². The molecule has 1 saturated heterocycles. The Morgan fingerprint density at radius 3 is 2.82 bits per heavy atom. The minimum absolute atomic E-state index is 0.0699. The Morgan fingerprint density at radius 1 is 1.73 bits per heavy atom. The van der Waals surface area contributed by atoms with E-state index >= 15 is 0 Å². The summed E-state index contributed by atoms with van der Waals surface area (Å²) in [7, 11) is 1.80. The van der Waals surface area contributed by atoms with E-state index in [-0.39, 0.29) is 11.8 Å². The summed E-state index contributed by atoms with van der Waals surface area (Å²) in [5.41, 5.74) is 1.17. The highest BCUT2D eigenvalue weighted by atomic mass is 16.1. The predicted molar refractivity (Wildman–Crippen MR) is 45.1 cm³/mol. The van der Waals surface area contributed by atoms with Gasteiger partial charge in [-0.3, -0.25) is 9.79 Å². The SMILES string of the molecule is CN=C1CC[C@@H](C(C)=O)NC1. The number of hydrogen-bond acceptors (Lipinski definition) is 3. The van der Waals surface area contributed by atoms with E-state index in [4.69, 9.17) is 0 Å². The fourth-order valence-electron chi connectivity index (χ4n) is 1.28. The highest BCUT2D eigenvalue weighted by Crippen LogP contribution is 2.05. The maximum atomic E-state index is 10.9. The average Bonchev–Trinajstić information content (AvgIpc) is 2.05. The van der Waals surface area contributed by atoms with Gasteiger partial charge in [0.1, 0.15) is 5.78 Å². The van der Waals surface area contributed by atoms with Crippen LogP contribution in [0.2, 0.25) is 0 Å². The number of ketones is 1. The summed E-state index contributed by atoms with van der Waals surface area (Å²) in [5, 5.41) is 3.14. The van der Waals surface area contributed by atoms with Crippen LogP contribution in [0, 0.1) is 0 Å². The number of aliphatic imine (C=N–C) groups is 1. The average molecular weight is 154 g/mol. The van der Waals surface area contributed by atoms with Crippen molar-refractivity contribution in [2.45, 2.75) is 25.8 Å². The van der Waals surface area contributed by atoms with Crippen LogP contribution in [-0.4, -0.2) is 31.1 Å². The van der Waals surface area contributed by atoms with E-state index < -0.39 is 0 Å². The maximum Gasteiger partial charge on any atom is 0.146 e. The molecule has 0 spiro atoms. The van der Waals surface area contributed by atoms with Gasteiger partial charge in [0.15, 0.2) is 0 Å². The topological polar surface area (TPSA) is 41.5 Å². The second-order valence-corrected chi connectivity index (χ2v) is 2.87. The lowest BCUT2D eigenvalue weighted by Gasteiger charge is -2.22. The van der Waals surface area contributed by atoms with Crippen molar-refractivity contribution in [1.82, 2.24) is 5.32 Å². The first-order chi connectivity index (χ1) is 5.24. The third-order valence-corrected chi connectivity index (χ3v) is 2.08. The third-order valence-electron chi connectivity index (χ3n) is 2.08. The number of hydrogen-bond donors (Lipinski definition) is 1. The second kappa shape index (κ2) is 3.62. The van der Waals surface area contributed by atoms with E-state index in [0.717, 1.165) is 19.4 Å². The van der Waals surface area contributed by atoms with Crippen LogP contribution < -0.4 is 5.32 Å². The van der Waals surface area contributed by atoms with Gasteiger partial charge < -0.3 is 5.32 Å². The number of Topliss-reactive ketones (excluding diaryl/α,β-unsaturated/α-hetero) is 1. The van der Waals surface area contributed by atoms with Gasteiger partial charge in [-0.25, -0.2) is 0 Å². The Kier molecular flexibility index (Phi) is 2.76. The van der Waals surface area contributed by atoms with E-state index in [1.54, 1.807) is 14.0 Å². The van der Waals surface area contributed by atoms with Gasteiger partial charge in [0.25, 0.3) is 0 Å². The second-order valence-electron chi connectivity index (χ2n) is 2.87. The Labute approximate surface area is 66.9 Å². The molecule has 1 atom stereocenters. The molecule has 3 heteroatoms. The summed E-state index contributed by atoms with van der Waals surface area (Å²) in [5.74, 6) is 0.236. The monoisotopic (exact) mass is 154 g/mol. The minimum atomic E-state index is 0.0699. The molecule has 0 aromatic heterocycles. The zero-order valence-corrected chi connectivity index (χ0v) is 7.05. The standard InChI is InChI=1S/C8H14N2O/c1-6(11)8-4-3-7(9-2)5-10-8/h8,10H,3-5H2,1-2H3/t8-/m0/s1. The van der Waals surface area contributed by atoms with Gasteiger partial charge in [-0.15, -0.1) is 0 Å². The van der Waals surface area contributed by atoms with Crippen LogP contribution in [0.1, 0.15) is 19.8 Å². The molecule has 1 aliphatic heterocycles. The number of nitrogens with zero attached hydrogens (tertiary/aromatic N) is 1. The van der Waals surface area contributed by atoms with Gasteiger partial charge in [-0.1, -0.05) is 0 Å². The largest absolute Gasteiger partial charge is 0.302 e. The number of carbonyl (C=O) groups is 1. The number of carbonyl (C=O) groups excluding carboxylic acids is 1. The Balaban J connectivity index is 2.42. The van der Waals surface area contributed by atoms with Gasteiger partial charge in [-0.05, 0) is 19.8 Å². The van der Waals surface area contributed by atoms with Crippen LogP contribution in [0.15, 0.2) is 4.99 Å². The van der Waals surface area contributed by atoms with Gasteiger partial charge in [-0.2, -0.15) is 0 Å². The maximum absolute atomic E-state index is 10.9. The fourth-order valence-corrected chi connectivity index (χ4v) is 1.28. The summed E-state index contributed by atoms with van der Waals surface area (Å²) in [6.45, 7) is 2.41. The third kappa shape index (κ3) is 2.12. The van der Waals surface area contributed by atoms with Crippen molar-refractivity contribution in [3.05, 3.63) is 0 Å². The van der Waals surface area contributed by atoms with Crippen LogP contribution in [0.5, 0.6) is 0 Å². The molecule has 0 amide bonds. The van der Waals surface area contributed by atoms with Crippen LogP contribution in [-0.2, 0) is 4.79 Å². The molecule has 0 saturated carbocycles. The first-order valence-electron chi connectivity index (χ1n) is 3.92. The predicted octanol–water partition coefficient (Wildman–Crippen LogP) is 0.398. The normalized spacial score (nSPS) is 28.9. The van der Waals surface area contributed by atoms with Crippen molar-refractivity contribution >= 4 is 11.5 Å². The summed E-state index contributed by atoms with van der Waals surface area (Å²) >= 11 is 0. The Hall–Kier alpha value is -0.700. The van der Waals surface area contributed by atoms with Crippen LogP contribution in [0.25, 0.3) is 0 Å². The first kappa shape index (κ1) is 8.40. The molecule has 0 aromatic rings. The molecule has 1 rings (SSSR count). The van der Waals surface area contributed by atoms with E-state index in [0.29, 0.717) is 0 Å². The molecule has 1 fully saturated rings. The molecule has 11 heavy (non-hydrogen) atoms. The van der Waals surface area contributed by atoms with E-state index in [1.165, 1.54) is 5.71 Å². The smallest absolute Gasteiger partial charge is 0.146 e. The lowest BCUT2D eigenvalue weighted by Crippen LogP contribution is -2.43. The first-order valence-corrected chi connectivity index (χ1v) is 3.92. The summed E-state index contributed by atoms with van der Waals surface area (Å²) in [4.78, 5) is 15.0. The molecule has 3 nitrogen and oxygen atoms in total. The molecule has 1 N–H and O–H groups in total. The zero-order chi connectivity index (χ0) is 8.27. The molecule has 0 radical (unpaired) electrons. The summed E-state index contributed by atoms with van der Waals surface area (Å²) in [6.07, 6.45) is 1.87. The van der Waals surface area contributed by atoms with E-state index in [1.807, 2.05) is 0 Å². The molecule has 1 aliphatic rings. The van der Waals surface area contributed by atoms with Gasteiger partial charge in [0.05, 0.1) is 6.04 Å². The van der Waals surface area contributed by atoms with Crippen LogP contribution in [0.4, 0.5) is 0 Å². The van der Waals surface area contributed by atoms with Crippen molar-refractivity contribution in [2.75, 3.05) is 13.6 Å². The van der Waals surface area contributed by atoms with Crippen LogP contribution >= 0.6 is 0 Å². The summed E-state index contributed by atoms with van der Waals surface area (Å²) in [6, 6.07) is 0.0699. The van der Waals surface area contributed by atoms with Crippen LogP contribution in [0.3, 0.4) is 0 Å². The van der Waals surface area contributed by atoms with Gasteiger partial charge in [0.2, 0.25) is 0 Å². The van der Waals surface area contributed by atoms with Crippen molar-refractivity contribution < 1.29 is 4.79 Å². The molecule has 0 aromatic carbocycles. The molecular formula is C8H14N2O. The molecule has 0 unspecified atom stereocenters. The van der Waals surface area contributed by atoms with Crippen molar-refractivity contribution in [1.29, 1.82) is 0 Å². The van der Waals surface area contributed by atoms with Crippen molar-refractivity contribution in [2.24, 2.45) is 4.99 Å². The molecule has 62 valence electrons. The molecule has 0 bridgehead atoms. The Morgan fingerprint density at radius 2 is 2.45 bits per heavy atom. The summed E-state index contributed by atoms with van der Waals surface area (Å²) < 4.78 is 0. The fraction of sp³-hybridized carbons (Fsp3) is 0.750. The number of nitrogens with one attached hydrogen (secondary N) is 1. The lowest BCUT2D eigenvalue weighted by atomic mass is 10.0.